The van der Waals surface area contributed by atoms with E-state index in [2.05, 4.69) is 10.6 Å². The molecule has 4 aromatic rings. The van der Waals surface area contributed by atoms with Crippen LogP contribution >= 0.6 is 0 Å². The van der Waals surface area contributed by atoms with Crippen LogP contribution in [-0.4, -0.2) is 36.4 Å². The van der Waals surface area contributed by atoms with Gasteiger partial charge in [-0.05, 0) is 79.9 Å². The number of carbonyl (C=O) groups is 2. The fraction of sp³-hybridized carbons (Fsp3) is 0.200. The fourth-order valence-corrected chi connectivity index (χ4v) is 4.38. The van der Waals surface area contributed by atoms with Gasteiger partial charge < -0.3 is 30.4 Å². The summed E-state index contributed by atoms with van der Waals surface area (Å²) in [5, 5.41) is 14.8. The van der Waals surface area contributed by atoms with Crippen LogP contribution in [0, 0.1) is 6.92 Å². The molecule has 0 spiro atoms. The minimum absolute atomic E-state index is 0.119. The van der Waals surface area contributed by atoms with Crippen LogP contribution in [0.3, 0.4) is 0 Å². The van der Waals surface area contributed by atoms with E-state index >= 15 is 0 Å². The van der Waals surface area contributed by atoms with Gasteiger partial charge in [0, 0.05) is 5.69 Å². The van der Waals surface area contributed by atoms with E-state index in [0.717, 1.165) is 5.56 Å². The van der Waals surface area contributed by atoms with E-state index in [0.29, 0.717) is 47.0 Å². The maximum absolute atomic E-state index is 13.2. The van der Waals surface area contributed by atoms with Gasteiger partial charge in [0.25, 0.3) is 0 Å². The predicted molar refractivity (Wildman–Crippen MR) is 172 cm³/mol. The van der Waals surface area contributed by atoms with E-state index in [4.69, 9.17) is 19.9 Å². The average Bonchev–Trinajstić information content (AvgIpc) is 3.03. The molecule has 0 saturated heterocycles. The SMILES string of the molecule is Cc1ccc(NC(=O)O[C@H](c2cccc(OCCO)c2)[C@@H](CC/C=C/C(=O)Nc2ccccc2N)Oc2ccccc2)cc1. The number of aliphatic hydroxyl groups excluding tert-OH is 1. The molecule has 2 amide bonds. The molecule has 0 aromatic heterocycles. The predicted octanol–water partition coefficient (Wildman–Crippen LogP) is 6.66. The first kappa shape index (κ1) is 31.7. The number of nitrogens with one attached hydrogen (secondary N) is 2. The zero-order valence-electron chi connectivity index (χ0n) is 24.5. The number of anilines is 3. The number of carbonyl (C=O) groups excluding carboxylic acids is 2. The largest absolute Gasteiger partial charge is 0.491 e. The number of nitrogens with two attached hydrogens (primary N) is 1. The van der Waals surface area contributed by atoms with Crippen LogP contribution < -0.4 is 25.8 Å². The second kappa shape index (κ2) is 16.4. The Labute approximate surface area is 257 Å². The number of amides is 2. The monoisotopic (exact) mass is 595 g/mol. The Morgan fingerprint density at radius 3 is 2.36 bits per heavy atom. The Bertz CT molecular complexity index is 1530. The van der Waals surface area contributed by atoms with E-state index in [1.165, 1.54) is 6.08 Å². The highest BCUT2D eigenvalue weighted by Crippen LogP contribution is 2.31. The summed E-state index contributed by atoms with van der Waals surface area (Å²) in [6.45, 7) is 1.94. The minimum Gasteiger partial charge on any atom is -0.491 e. The Morgan fingerprint density at radius 2 is 1.61 bits per heavy atom. The summed E-state index contributed by atoms with van der Waals surface area (Å²) >= 11 is 0. The number of hydrogen-bond donors (Lipinski definition) is 4. The molecule has 0 aliphatic heterocycles. The molecule has 9 nitrogen and oxygen atoms in total. The van der Waals surface area contributed by atoms with Crippen molar-refractivity contribution in [2.75, 3.05) is 29.6 Å². The third-order valence-corrected chi connectivity index (χ3v) is 6.55. The Kier molecular flexibility index (Phi) is 11.8. The summed E-state index contributed by atoms with van der Waals surface area (Å²) in [4.78, 5) is 25.7. The quantitative estimate of drug-likeness (QED) is 0.0947. The number of nitrogen functional groups attached to an aromatic ring is 1. The van der Waals surface area contributed by atoms with Gasteiger partial charge in [0.1, 0.15) is 24.2 Å². The summed E-state index contributed by atoms with van der Waals surface area (Å²) in [6.07, 6.45) is 1.86. The lowest BCUT2D eigenvalue weighted by atomic mass is 9.99. The Balaban J connectivity index is 1.56. The van der Waals surface area contributed by atoms with E-state index in [1.807, 2.05) is 55.5 Å². The van der Waals surface area contributed by atoms with Crippen LogP contribution in [0.15, 0.2) is 115 Å². The van der Waals surface area contributed by atoms with Crippen molar-refractivity contribution >= 4 is 29.1 Å². The highest BCUT2D eigenvalue weighted by atomic mass is 16.6. The normalized spacial score (nSPS) is 12.2. The summed E-state index contributed by atoms with van der Waals surface area (Å²) < 4.78 is 18.1. The molecule has 0 radical (unpaired) electrons. The molecule has 0 fully saturated rings. The van der Waals surface area contributed by atoms with Gasteiger partial charge in [-0.1, -0.05) is 66.2 Å². The van der Waals surface area contributed by atoms with Crippen molar-refractivity contribution < 1.29 is 28.9 Å². The highest BCUT2D eigenvalue weighted by Gasteiger charge is 2.29. The van der Waals surface area contributed by atoms with E-state index in [9.17, 15) is 14.7 Å². The third-order valence-electron chi connectivity index (χ3n) is 6.55. The summed E-state index contributed by atoms with van der Waals surface area (Å²) in [5.74, 6) is 0.792. The molecule has 44 heavy (non-hydrogen) atoms. The number of allylic oxidation sites excluding steroid dienone is 1. The highest BCUT2D eigenvalue weighted by molar-refractivity contribution is 6.01. The van der Waals surface area contributed by atoms with Crippen LogP contribution in [0.5, 0.6) is 11.5 Å². The lowest BCUT2D eigenvalue weighted by Gasteiger charge is -2.28. The van der Waals surface area contributed by atoms with Crippen molar-refractivity contribution in [1.29, 1.82) is 0 Å². The molecule has 0 heterocycles. The van der Waals surface area contributed by atoms with Crippen molar-refractivity contribution in [3.05, 3.63) is 126 Å². The van der Waals surface area contributed by atoms with Crippen LogP contribution in [0.2, 0.25) is 0 Å². The van der Waals surface area contributed by atoms with Crippen LogP contribution in [-0.2, 0) is 9.53 Å². The molecular weight excluding hydrogens is 558 g/mol. The molecule has 0 unspecified atom stereocenters. The van der Waals surface area contributed by atoms with Crippen molar-refractivity contribution in [3.63, 3.8) is 0 Å². The van der Waals surface area contributed by atoms with Gasteiger partial charge in [0.2, 0.25) is 5.91 Å². The molecule has 0 aliphatic carbocycles. The zero-order valence-corrected chi connectivity index (χ0v) is 24.5. The standard InChI is InChI=1S/C35H37N3O6/c1-25-18-20-27(21-19-25)37-35(41)44-34(26-10-9-13-29(24-26)42-23-22-39)32(43-28-11-3-2-4-12-28)16-7-8-17-33(40)38-31-15-6-5-14-30(31)36/h2-6,8-15,17-21,24,32,34,39H,7,16,22-23,36H2,1H3,(H,37,41)(H,38,40)/b17-8+/t32-,34-/m1/s1. The van der Waals surface area contributed by atoms with E-state index < -0.39 is 18.3 Å². The molecule has 2 atom stereocenters. The number of aliphatic hydroxyl groups is 1. The maximum atomic E-state index is 13.2. The van der Waals surface area contributed by atoms with Crippen LogP contribution in [0.25, 0.3) is 0 Å². The van der Waals surface area contributed by atoms with Gasteiger partial charge in [-0.15, -0.1) is 0 Å². The summed E-state index contributed by atoms with van der Waals surface area (Å²) in [6, 6.07) is 30.8. The van der Waals surface area contributed by atoms with Gasteiger partial charge >= 0.3 is 6.09 Å². The van der Waals surface area contributed by atoms with Gasteiger partial charge in [-0.25, -0.2) is 4.79 Å². The zero-order chi connectivity index (χ0) is 31.1. The molecule has 9 heteroatoms. The number of benzene rings is 4. The summed E-state index contributed by atoms with van der Waals surface area (Å²) in [7, 11) is 0. The number of aryl methyl sites for hydroxylation is 1. The molecule has 0 bridgehead atoms. The van der Waals surface area contributed by atoms with Gasteiger partial charge in [-0.3, -0.25) is 10.1 Å². The van der Waals surface area contributed by atoms with Crippen molar-refractivity contribution in [2.45, 2.75) is 32.0 Å². The van der Waals surface area contributed by atoms with Gasteiger partial charge in [0.15, 0.2) is 6.10 Å². The Morgan fingerprint density at radius 1 is 0.886 bits per heavy atom. The van der Waals surface area contributed by atoms with Gasteiger partial charge in [0.05, 0.1) is 18.0 Å². The molecule has 0 saturated carbocycles. The fourth-order valence-electron chi connectivity index (χ4n) is 4.38. The smallest absolute Gasteiger partial charge is 0.412 e. The van der Waals surface area contributed by atoms with E-state index in [-0.39, 0.29) is 19.1 Å². The molecular formula is C35H37N3O6. The minimum atomic E-state index is -0.857. The maximum Gasteiger partial charge on any atom is 0.412 e. The molecule has 0 aliphatic rings. The van der Waals surface area contributed by atoms with E-state index in [1.54, 1.807) is 60.7 Å². The second-order valence-electron chi connectivity index (χ2n) is 9.99. The lowest BCUT2D eigenvalue weighted by molar-refractivity contribution is -0.111. The first-order valence-corrected chi connectivity index (χ1v) is 14.3. The van der Waals surface area contributed by atoms with Crippen LogP contribution in [0.1, 0.15) is 30.1 Å². The number of hydrogen-bond acceptors (Lipinski definition) is 7. The molecule has 4 rings (SSSR count). The van der Waals surface area contributed by atoms with Crippen LogP contribution in [0.4, 0.5) is 21.9 Å². The molecule has 228 valence electrons. The third kappa shape index (κ3) is 9.92. The lowest BCUT2D eigenvalue weighted by Crippen LogP contribution is -2.31. The Hall–Kier alpha value is -5.28. The second-order valence-corrected chi connectivity index (χ2v) is 9.99. The summed E-state index contributed by atoms with van der Waals surface area (Å²) in [5.41, 5.74) is 9.23. The number of ether oxygens (including phenoxy) is 3. The average molecular weight is 596 g/mol. The van der Waals surface area contributed by atoms with Gasteiger partial charge in [-0.2, -0.15) is 0 Å². The number of rotatable bonds is 14. The first-order chi connectivity index (χ1) is 21.4. The van der Waals surface area contributed by atoms with Crippen molar-refractivity contribution in [1.82, 2.24) is 0 Å². The van der Waals surface area contributed by atoms with Crippen molar-refractivity contribution in [2.24, 2.45) is 0 Å². The topological polar surface area (TPSA) is 132 Å². The van der Waals surface area contributed by atoms with Crippen molar-refractivity contribution in [3.8, 4) is 11.5 Å². The first-order valence-electron chi connectivity index (χ1n) is 14.3. The molecule has 4 aromatic carbocycles. The number of para-hydroxylation sites is 3. The molecule has 5 N–H and O–H groups in total.